The summed E-state index contributed by atoms with van der Waals surface area (Å²) in [5.74, 6) is -0.0648. The van der Waals surface area contributed by atoms with Gasteiger partial charge in [0, 0.05) is 24.8 Å². The highest BCUT2D eigenvalue weighted by Gasteiger charge is 2.25. The lowest BCUT2D eigenvalue weighted by atomic mass is 10.0. The van der Waals surface area contributed by atoms with Crippen molar-refractivity contribution < 1.29 is 9.59 Å². The smallest absolute Gasteiger partial charge is 0.319 e. The number of benzene rings is 1. The molecule has 0 radical (unpaired) electrons. The Hall–Kier alpha value is -2.30. The van der Waals surface area contributed by atoms with E-state index in [0.717, 1.165) is 31.5 Å². The molecule has 1 aromatic carbocycles. The van der Waals surface area contributed by atoms with E-state index >= 15 is 0 Å². The van der Waals surface area contributed by atoms with Crippen molar-refractivity contribution in [2.24, 2.45) is 0 Å². The van der Waals surface area contributed by atoms with Gasteiger partial charge in [-0.15, -0.1) is 0 Å². The van der Waals surface area contributed by atoms with Crippen molar-refractivity contribution in [2.45, 2.75) is 25.3 Å². The van der Waals surface area contributed by atoms with Crippen molar-refractivity contribution in [1.82, 2.24) is 10.2 Å². The molecule has 1 aliphatic rings. The summed E-state index contributed by atoms with van der Waals surface area (Å²) < 4.78 is 0. The molecular formula is C16H21N3O2. The molecule has 1 aliphatic heterocycles. The second kappa shape index (κ2) is 7.47. The molecule has 2 rings (SSSR count). The number of rotatable bonds is 4. The molecule has 1 aromatic rings. The van der Waals surface area contributed by atoms with Crippen LogP contribution in [0.2, 0.25) is 0 Å². The molecule has 0 bridgehead atoms. The number of amides is 3. The quantitative estimate of drug-likeness (QED) is 0.835. The summed E-state index contributed by atoms with van der Waals surface area (Å²) in [7, 11) is 0. The number of anilines is 1. The monoisotopic (exact) mass is 287 g/mol. The Morgan fingerprint density at radius 3 is 2.76 bits per heavy atom. The van der Waals surface area contributed by atoms with E-state index in [2.05, 4.69) is 17.2 Å². The van der Waals surface area contributed by atoms with Crippen molar-refractivity contribution >= 4 is 17.6 Å². The fourth-order valence-electron chi connectivity index (χ4n) is 2.53. The highest BCUT2D eigenvalue weighted by molar-refractivity contribution is 5.89. The molecule has 1 unspecified atom stereocenters. The largest absolute Gasteiger partial charge is 0.336 e. The summed E-state index contributed by atoms with van der Waals surface area (Å²) >= 11 is 0. The van der Waals surface area contributed by atoms with Crippen LogP contribution in [0.1, 0.15) is 19.3 Å². The van der Waals surface area contributed by atoms with Crippen LogP contribution in [0.15, 0.2) is 43.0 Å². The molecule has 0 saturated carbocycles. The summed E-state index contributed by atoms with van der Waals surface area (Å²) in [5.41, 5.74) is 0.748. The van der Waals surface area contributed by atoms with Crippen LogP contribution in [-0.2, 0) is 4.79 Å². The van der Waals surface area contributed by atoms with E-state index in [4.69, 9.17) is 0 Å². The number of para-hydroxylation sites is 1. The van der Waals surface area contributed by atoms with Crippen LogP contribution in [0.3, 0.4) is 0 Å². The summed E-state index contributed by atoms with van der Waals surface area (Å²) in [6.07, 6.45) is 4.33. The zero-order valence-corrected chi connectivity index (χ0v) is 12.0. The van der Waals surface area contributed by atoms with Gasteiger partial charge in [-0.1, -0.05) is 24.8 Å². The van der Waals surface area contributed by atoms with Gasteiger partial charge in [0.05, 0.1) is 0 Å². The van der Waals surface area contributed by atoms with Gasteiger partial charge >= 0.3 is 6.03 Å². The molecule has 0 aromatic heterocycles. The average molecular weight is 287 g/mol. The van der Waals surface area contributed by atoms with Crippen molar-refractivity contribution in [3.63, 3.8) is 0 Å². The van der Waals surface area contributed by atoms with Crippen molar-refractivity contribution in [3.05, 3.63) is 43.0 Å². The Bertz CT molecular complexity index is 502. The number of likely N-dealkylation sites (tertiary alicyclic amines) is 1. The SMILES string of the molecule is C=CC(=O)N1CCCCC1CNC(=O)Nc1ccccc1. The number of nitrogens with zero attached hydrogens (tertiary/aromatic N) is 1. The third kappa shape index (κ3) is 4.34. The number of hydrogen-bond donors (Lipinski definition) is 2. The molecule has 1 heterocycles. The van der Waals surface area contributed by atoms with E-state index in [1.807, 2.05) is 30.3 Å². The van der Waals surface area contributed by atoms with Crippen molar-refractivity contribution in [3.8, 4) is 0 Å². The van der Waals surface area contributed by atoms with E-state index < -0.39 is 0 Å². The first kappa shape index (κ1) is 15.1. The van der Waals surface area contributed by atoms with Crippen LogP contribution in [0.25, 0.3) is 0 Å². The third-order valence-electron chi connectivity index (χ3n) is 3.61. The Balaban J connectivity index is 1.84. The Labute approximate surface area is 125 Å². The normalized spacial score (nSPS) is 17.9. The molecule has 0 aliphatic carbocycles. The maximum Gasteiger partial charge on any atom is 0.319 e. The van der Waals surface area contributed by atoms with E-state index in [-0.39, 0.29) is 18.0 Å². The predicted octanol–water partition coefficient (Wildman–Crippen LogP) is 2.38. The maximum absolute atomic E-state index is 11.9. The van der Waals surface area contributed by atoms with Crippen LogP contribution in [-0.4, -0.2) is 36.0 Å². The fraction of sp³-hybridized carbons (Fsp3) is 0.375. The van der Waals surface area contributed by atoms with Gasteiger partial charge in [-0.05, 0) is 37.5 Å². The molecule has 0 spiro atoms. The first-order chi connectivity index (χ1) is 10.2. The number of carbonyl (C=O) groups excluding carboxylic acids is 2. The van der Waals surface area contributed by atoms with E-state index in [1.54, 1.807) is 4.90 Å². The van der Waals surface area contributed by atoms with Crippen LogP contribution in [0.5, 0.6) is 0 Å². The predicted molar refractivity (Wildman–Crippen MR) is 83.0 cm³/mol. The van der Waals surface area contributed by atoms with Gasteiger partial charge in [-0.3, -0.25) is 4.79 Å². The minimum absolute atomic E-state index is 0.0470. The Kier molecular flexibility index (Phi) is 5.37. The molecule has 1 atom stereocenters. The molecule has 112 valence electrons. The highest BCUT2D eigenvalue weighted by Crippen LogP contribution is 2.16. The van der Waals surface area contributed by atoms with E-state index in [1.165, 1.54) is 6.08 Å². The Morgan fingerprint density at radius 2 is 2.05 bits per heavy atom. The Morgan fingerprint density at radius 1 is 1.29 bits per heavy atom. The average Bonchev–Trinajstić information content (AvgIpc) is 2.53. The summed E-state index contributed by atoms with van der Waals surface area (Å²) in [5, 5.41) is 5.60. The van der Waals surface area contributed by atoms with Crippen LogP contribution < -0.4 is 10.6 Å². The standard InChI is InChI=1S/C16H21N3O2/c1-2-15(20)19-11-7-6-10-14(19)12-17-16(21)18-13-8-4-3-5-9-13/h2-5,8-9,14H,1,6-7,10-12H2,(H2,17,18,21). The second-order valence-electron chi connectivity index (χ2n) is 5.09. The first-order valence-electron chi connectivity index (χ1n) is 7.23. The molecule has 21 heavy (non-hydrogen) atoms. The van der Waals surface area contributed by atoms with Crippen LogP contribution in [0, 0.1) is 0 Å². The number of urea groups is 1. The van der Waals surface area contributed by atoms with Crippen LogP contribution >= 0.6 is 0 Å². The van der Waals surface area contributed by atoms with Gasteiger partial charge in [0.2, 0.25) is 5.91 Å². The van der Waals surface area contributed by atoms with Gasteiger partial charge in [-0.25, -0.2) is 4.79 Å². The van der Waals surface area contributed by atoms with Crippen molar-refractivity contribution in [2.75, 3.05) is 18.4 Å². The van der Waals surface area contributed by atoms with Gasteiger partial charge in [0.15, 0.2) is 0 Å². The van der Waals surface area contributed by atoms with Gasteiger partial charge < -0.3 is 15.5 Å². The number of nitrogens with one attached hydrogen (secondary N) is 2. The zero-order chi connectivity index (χ0) is 15.1. The molecule has 1 saturated heterocycles. The van der Waals surface area contributed by atoms with Gasteiger partial charge in [0.1, 0.15) is 0 Å². The number of piperidine rings is 1. The summed E-state index contributed by atoms with van der Waals surface area (Å²) in [6.45, 7) is 4.72. The zero-order valence-electron chi connectivity index (χ0n) is 12.0. The maximum atomic E-state index is 11.9. The first-order valence-corrected chi connectivity index (χ1v) is 7.23. The lowest BCUT2D eigenvalue weighted by Crippen LogP contribution is -2.49. The molecule has 5 heteroatoms. The number of carbonyl (C=O) groups is 2. The van der Waals surface area contributed by atoms with E-state index in [0.29, 0.717) is 6.54 Å². The lowest BCUT2D eigenvalue weighted by Gasteiger charge is -2.35. The van der Waals surface area contributed by atoms with Crippen LogP contribution in [0.4, 0.5) is 10.5 Å². The summed E-state index contributed by atoms with van der Waals surface area (Å²) in [4.78, 5) is 25.4. The van der Waals surface area contributed by atoms with Crippen molar-refractivity contribution in [1.29, 1.82) is 0 Å². The fourth-order valence-corrected chi connectivity index (χ4v) is 2.53. The summed E-state index contributed by atoms with van der Waals surface area (Å²) in [6, 6.07) is 9.07. The molecule has 3 amide bonds. The minimum atomic E-state index is -0.252. The minimum Gasteiger partial charge on any atom is -0.336 e. The van der Waals surface area contributed by atoms with Gasteiger partial charge in [-0.2, -0.15) is 0 Å². The molecule has 1 fully saturated rings. The third-order valence-corrected chi connectivity index (χ3v) is 3.61. The lowest BCUT2D eigenvalue weighted by molar-refractivity contribution is -0.129. The molecule has 5 nitrogen and oxygen atoms in total. The van der Waals surface area contributed by atoms with E-state index in [9.17, 15) is 9.59 Å². The molecular weight excluding hydrogens is 266 g/mol. The topological polar surface area (TPSA) is 61.4 Å². The molecule has 2 N–H and O–H groups in total. The van der Waals surface area contributed by atoms with Gasteiger partial charge in [0.25, 0.3) is 0 Å². The number of hydrogen-bond acceptors (Lipinski definition) is 2. The second-order valence-corrected chi connectivity index (χ2v) is 5.09. The highest BCUT2D eigenvalue weighted by atomic mass is 16.2.